The summed E-state index contributed by atoms with van der Waals surface area (Å²) >= 11 is 3.53. The molecule has 1 aliphatic rings. The maximum Gasteiger partial charge on any atom is 0.224 e. The summed E-state index contributed by atoms with van der Waals surface area (Å²) in [5, 5.41) is 6.76. The second-order valence-electron chi connectivity index (χ2n) is 5.73. The highest BCUT2D eigenvalue weighted by Crippen LogP contribution is 2.41. The van der Waals surface area contributed by atoms with Gasteiger partial charge in [-0.25, -0.2) is 4.98 Å². The third-order valence-electron chi connectivity index (χ3n) is 4.32. The van der Waals surface area contributed by atoms with Crippen molar-refractivity contribution >= 4 is 27.7 Å². The molecule has 20 heavy (non-hydrogen) atoms. The molecule has 112 valence electrons. The van der Waals surface area contributed by atoms with Crippen LogP contribution in [0.25, 0.3) is 0 Å². The number of aromatic nitrogens is 2. The van der Waals surface area contributed by atoms with Gasteiger partial charge in [-0.3, -0.25) is 0 Å². The molecule has 0 unspecified atom stereocenters. The van der Waals surface area contributed by atoms with Gasteiger partial charge in [0, 0.05) is 19.3 Å². The van der Waals surface area contributed by atoms with E-state index in [0.717, 1.165) is 29.8 Å². The lowest BCUT2D eigenvalue weighted by Gasteiger charge is -2.28. The molecule has 0 aliphatic heterocycles. The zero-order valence-electron chi connectivity index (χ0n) is 12.5. The summed E-state index contributed by atoms with van der Waals surface area (Å²) in [5.41, 5.74) is 0.460. The number of nitrogens with one attached hydrogen (secondary N) is 2. The zero-order chi connectivity index (χ0) is 14.4. The number of hydrogen-bond donors (Lipinski definition) is 2. The van der Waals surface area contributed by atoms with Crippen LogP contribution in [0.4, 0.5) is 11.8 Å². The fourth-order valence-corrected chi connectivity index (χ4v) is 3.20. The molecule has 1 aromatic rings. The van der Waals surface area contributed by atoms with Gasteiger partial charge in [0.15, 0.2) is 0 Å². The van der Waals surface area contributed by atoms with Crippen molar-refractivity contribution in [3.05, 3.63) is 10.7 Å². The Labute approximate surface area is 130 Å². The third kappa shape index (κ3) is 3.84. The average Bonchev–Trinajstić information content (AvgIpc) is 2.94. The van der Waals surface area contributed by atoms with Gasteiger partial charge in [0.25, 0.3) is 0 Å². The Hall–Kier alpha value is -0.840. The fraction of sp³-hybridized carbons (Fsp3) is 0.733. The van der Waals surface area contributed by atoms with Crippen molar-refractivity contribution in [2.75, 3.05) is 23.7 Å². The first-order chi connectivity index (χ1) is 9.69. The maximum atomic E-state index is 4.56. The van der Waals surface area contributed by atoms with Crippen LogP contribution in [0.1, 0.15) is 52.4 Å². The van der Waals surface area contributed by atoms with Crippen LogP contribution in [-0.4, -0.2) is 23.1 Å². The molecular formula is C15H25BrN4. The van der Waals surface area contributed by atoms with Crippen molar-refractivity contribution in [3.63, 3.8) is 0 Å². The Kier molecular flexibility index (Phi) is 5.64. The van der Waals surface area contributed by atoms with E-state index in [9.17, 15) is 0 Å². The van der Waals surface area contributed by atoms with Crippen molar-refractivity contribution < 1.29 is 0 Å². The van der Waals surface area contributed by atoms with Crippen molar-refractivity contribution in [2.24, 2.45) is 5.41 Å². The van der Waals surface area contributed by atoms with Crippen LogP contribution >= 0.6 is 15.9 Å². The Morgan fingerprint density at radius 2 is 2.00 bits per heavy atom. The summed E-state index contributed by atoms with van der Waals surface area (Å²) in [4.78, 5) is 8.84. The van der Waals surface area contributed by atoms with Crippen LogP contribution in [0.5, 0.6) is 0 Å². The Bertz CT molecular complexity index is 430. The molecule has 0 radical (unpaired) electrons. The average molecular weight is 341 g/mol. The standard InChI is InChI=1S/C15H25BrN4/c1-3-9-17-14-18-10-12(16)13(20-14)19-11-15(4-2)7-5-6-8-15/h10H,3-9,11H2,1-2H3,(H2,17,18,19,20). The topological polar surface area (TPSA) is 49.8 Å². The first-order valence-electron chi connectivity index (χ1n) is 7.69. The van der Waals surface area contributed by atoms with E-state index >= 15 is 0 Å². The van der Waals surface area contributed by atoms with Gasteiger partial charge in [0.1, 0.15) is 5.82 Å². The summed E-state index contributed by atoms with van der Waals surface area (Å²) in [5.74, 6) is 1.60. The molecule has 0 aromatic carbocycles. The lowest BCUT2D eigenvalue weighted by atomic mass is 9.83. The number of anilines is 2. The molecule has 0 bridgehead atoms. The SMILES string of the molecule is CCCNc1ncc(Br)c(NCC2(CC)CCCC2)n1. The molecule has 0 spiro atoms. The summed E-state index contributed by atoms with van der Waals surface area (Å²) in [6.07, 6.45) is 9.53. The lowest BCUT2D eigenvalue weighted by Crippen LogP contribution is -2.26. The van der Waals surface area contributed by atoms with E-state index in [1.54, 1.807) is 0 Å². The molecule has 1 fully saturated rings. The third-order valence-corrected chi connectivity index (χ3v) is 4.90. The molecule has 0 atom stereocenters. The van der Waals surface area contributed by atoms with Gasteiger partial charge in [0.05, 0.1) is 4.47 Å². The van der Waals surface area contributed by atoms with E-state index < -0.39 is 0 Å². The molecule has 2 rings (SSSR count). The van der Waals surface area contributed by atoms with Crippen LogP contribution in [0.2, 0.25) is 0 Å². The predicted octanol–water partition coefficient (Wildman–Crippen LogP) is 4.44. The Morgan fingerprint density at radius 3 is 2.65 bits per heavy atom. The highest BCUT2D eigenvalue weighted by molar-refractivity contribution is 9.10. The monoisotopic (exact) mass is 340 g/mol. The van der Waals surface area contributed by atoms with Gasteiger partial charge in [0.2, 0.25) is 5.95 Å². The van der Waals surface area contributed by atoms with E-state index in [1.165, 1.54) is 32.1 Å². The van der Waals surface area contributed by atoms with E-state index in [-0.39, 0.29) is 0 Å². The normalized spacial score (nSPS) is 17.1. The summed E-state index contributed by atoms with van der Waals surface area (Å²) in [6, 6.07) is 0. The number of nitrogens with zero attached hydrogens (tertiary/aromatic N) is 2. The van der Waals surface area contributed by atoms with Gasteiger partial charge in [-0.05, 0) is 47.0 Å². The maximum absolute atomic E-state index is 4.56. The molecular weight excluding hydrogens is 316 g/mol. The molecule has 1 aliphatic carbocycles. The fourth-order valence-electron chi connectivity index (χ4n) is 2.86. The second-order valence-corrected chi connectivity index (χ2v) is 6.59. The molecule has 1 heterocycles. The lowest BCUT2D eigenvalue weighted by molar-refractivity contribution is 0.306. The van der Waals surface area contributed by atoms with Crippen molar-refractivity contribution in [1.82, 2.24) is 9.97 Å². The van der Waals surface area contributed by atoms with Crippen LogP contribution < -0.4 is 10.6 Å². The molecule has 4 nitrogen and oxygen atoms in total. The smallest absolute Gasteiger partial charge is 0.224 e. The molecule has 0 saturated heterocycles. The largest absolute Gasteiger partial charge is 0.368 e. The van der Waals surface area contributed by atoms with E-state index in [4.69, 9.17) is 0 Å². The van der Waals surface area contributed by atoms with Crippen LogP contribution in [0.3, 0.4) is 0 Å². The van der Waals surface area contributed by atoms with Gasteiger partial charge >= 0.3 is 0 Å². The molecule has 2 N–H and O–H groups in total. The van der Waals surface area contributed by atoms with E-state index in [2.05, 4.69) is 50.4 Å². The van der Waals surface area contributed by atoms with Gasteiger partial charge in [-0.15, -0.1) is 0 Å². The molecule has 0 amide bonds. The molecule has 1 saturated carbocycles. The first kappa shape index (κ1) is 15.5. The Morgan fingerprint density at radius 1 is 1.25 bits per heavy atom. The number of rotatable bonds is 7. The van der Waals surface area contributed by atoms with E-state index in [0.29, 0.717) is 11.4 Å². The van der Waals surface area contributed by atoms with Crippen molar-refractivity contribution in [3.8, 4) is 0 Å². The highest BCUT2D eigenvalue weighted by Gasteiger charge is 2.31. The van der Waals surface area contributed by atoms with Gasteiger partial charge < -0.3 is 10.6 Å². The van der Waals surface area contributed by atoms with Crippen LogP contribution in [-0.2, 0) is 0 Å². The van der Waals surface area contributed by atoms with Crippen molar-refractivity contribution in [1.29, 1.82) is 0 Å². The highest BCUT2D eigenvalue weighted by atomic mass is 79.9. The van der Waals surface area contributed by atoms with Gasteiger partial charge in [-0.1, -0.05) is 26.7 Å². The van der Waals surface area contributed by atoms with Crippen LogP contribution in [0, 0.1) is 5.41 Å². The second kappa shape index (κ2) is 7.25. The van der Waals surface area contributed by atoms with Gasteiger partial charge in [-0.2, -0.15) is 4.98 Å². The minimum absolute atomic E-state index is 0.460. The minimum atomic E-state index is 0.460. The van der Waals surface area contributed by atoms with E-state index in [1.807, 2.05) is 6.20 Å². The summed E-state index contributed by atoms with van der Waals surface area (Å²) in [6.45, 7) is 6.35. The van der Waals surface area contributed by atoms with Crippen LogP contribution in [0.15, 0.2) is 10.7 Å². The van der Waals surface area contributed by atoms with Crippen molar-refractivity contribution in [2.45, 2.75) is 52.4 Å². The first-order valence-corrected chi connectivity index (χ1v) is 8.49. The predicted molar refractivity (Wildman–Crippen MR) is 88.2 cm³/mol. The summed E-state index contributed by atoms with van der Waals surface area (Å²) < 4.78 is 0.934. The zero-order valence-corrected chi connectivity index (χ0v) is 14.1. The Balaban J connectivity index is 2.00. The molecule has 5 heteroatoms. The summed E-state index contributed by atoms with van der Waals surface area (Å²) in [7, 11) is 0. The molecule has 1 aromatic heterocycles. The quantitative estimate of drug-likeness (QED) is 0.770. The number of hydrogen-bond acceptors (Lipinski definition) is 4. The number of halogens is 1. The minimum Gasteiger partial charge on any atom is -0.368 e.